The molecule has 0 aliphatic carbocycles. The van der Waals surface area contributed by atoms with Crippen LogP contribution in [0.2, 0.25) is 0 Å². The first-order chi connectivity index (χ1) is 6.93. The molecule has 1 N–H and O–H groups in total. The number of hydrogen-bond donors (Lipinski definition) is 1. The number of carboxylic acids is 1. The Bertz CT molecular complexity index is 396. The van der Waals surface area contributed by atoms with E-state index in [-0.39, 0.29) is 12.1 Å². The zero-order valence-electron chi connectivity index (χ0n) is 7.80. The summed E-state index contributed by atoms with van der Waals surface area (Å²) in [6, 6.07) is 0. The number of halogens is 3. The predicted molar refractivity (Wildman–Crippen MR) is 58.0 cm³/mol. The van der Waals surface area contributed by atoms with Gasteiger partial charge in [-0.2, -0.15) is 0 Å². The van der Waals surface area contributed by atoms with Crippen molar-refractivity contribution in [2.24, 2.45) is 0 Å². The van der Waals surface area contributed by atoms with Gasteiger partial charge >= 0.3 is 5.97 Å². The lowest BCUT2D eigenvalue weighted by Crippen LogP contribution is -2.06. The highest BCUT2D eigenvalue weighted by atomic mass is 127. The van der Waals surface area contributed by atoms with Gasteiger partial charge < -0.3 is 5.11 Å². The van der Waals surface area contributed by atoms with Gasteiger partial charge in [-0.3, -0.25) is 9.78 Å². The molecule has 0 radical (unpaired) electrons. The van der Waals surface area contributed by atoms with Gasteiger partial charge in [0.2, 0.25) is 0 Å². The second kappa shape index (κ2) is 4.82. The van der Waals surface area contributed by atoms with Crippen LogP contribution in [0.3, 0.4) is 0 Å². The SMILES string of the molecule is Cc1c(C(F)F)ncc(CC(=O)O)c1I. The number of pyridine rings is 1. The smallest absolute Gasteiger partial charge is 0.307 e. The van der Waals surface area contributed by atoms with Gasteiger partial charge in [-0.15, -0.1) is 0 Å². The maximum absolute atomic E-state index is 12.4. The van der Waals surface area contributed by atoms with Crippen LogP contribution in [0, 0.1) is 10.5 Å². The van der Waals surface area contributed by atoms with Crippen LogP contribution < -0.4 is 0 Å². The third-order valence-corrected chi connectivity index (χ3v) is 3.41. The molecular formula is C9H8F2INO2. The molecule has 1 rings (SSSR count). The Hall–Kier alpha value is -0.790. The summed E-state index contributed by atoms with van der Waals surface area (Å²) in [6.45, 7) is 1.52. The van der Waals surface area contributed by atoms with Gasteiger partial charge in [0, 0.05) is 9.77 Å². The molecular weight excluding hydrogens is 319 g/mol. The normalized spacial score (nSPS) is 10.7. The average molecular weight is 327 g/mol. The molecule has 0 unspecified atom stereocenters. The number of carbonyl (C=O) groups is 1. The minimum Gasteiger partial charge on any atom is -0.481 e. The van der Waals surface area contributed by atoms with E-state index in [0.717, 1.165) is 0 Å². The Kier molecular flexibility index (Phi) is 3.95. The largest absolute Gasteiger partial charge is 0.481 e. The lowest BCUT2D eigenvalue weighted by atomic mass is 10.1. The van der Waals surface area contributed by atoms with Crippen LogP contribution in [-0.4, -0.2) is 16.1 Å². The van der Waals surface area contributed by atoms with Crippen LogP contribution in [0.4, 0.5) is 8.78 Å². The molecule has 0 fully saturated rings. The van der Waals surface area contributed by atoms with Crippen molar-refractivity contribution in [1.29, 1.82) is 0 Å². The summed E-state index contributed by atoms with van der Waals surface area (Å²) in [6.07, 6.45) is -1.63. The van der Waals surface area contributed by atoms with Gasteiger partial charge in [0.25, 0.3) is 6.43 Å². The summed E-state index contributed by atoms with van der Waals surface area (Å²) >= 11 is 1.86. The quantitative estimate of drug-likeness (QED) is 0.868. The number of nitrogens with zero attached hydrogens (tertiary/aromatic N) is 1. The lowest BCUT2D eigenvalue weighted by Gasteiger charge is -2.09. The van der Waals surface area contributed by atoms with E-state index >= 15 is 0 Å². The highest BCUT2D eigenvalue weighted by Gasteiger charge is 2.17. The molecule has 1 aromatic rings. The van der Waals surface area contributed by atoms with Crippen molar-refractivity contribution >= 4 is 28.6 Å². The Morgan fingerprint density at radius 1 is 1.67 bits per heavy atom. The summed E-state index contributed by atoms with van der Waals surface area (Å²) in [5.41, 5.74) is 0.530. The fraction of sp³-hybridized carbons (Fsp3) is 0.333. The number of rotatable bonds is 3. The van der Waals surface area contributed by atoms with E-state index in [4.69, 9.17) is 5.11 Å². The van der Waals surface area contributed by atoms with Crippen molar-refractivity contribution in [2.75, 3.05) is 0 Å². The zero-order chi connectivity index (χ0) is 11.6. The molecule has 1 aromatic heterocycles. The maximum Gasteiger partial charge on any atom is 0.307 e. The molecule has 0 aromatic carbocycles. The molecule has 0 aliphatic rings. The van der Waals surface area contributed by atoms with Crippen molar-refractivity contribution < 1.29 is 18.7 Å². The van der Waals surface area contributed by atoms with Gasteiger partial charge in [-0.05, 0) is 40.6 Å². The van der Waals surface area contributed by atoms with Crippen LogP contribution in [0.15, 0.2) is 6.20 Å². The molecule has 0 amide bonds. The molecule has 0 spiro atoms. The molecule has 6 heteroatoms. The van der Waals surface area contributed by atoms with E-state index < -0.39 is 12.4 Å². The summed E-state index contributed by atoms with van der Waals surface area (Å²) in [5.74, 6) is -1.00. The van der Waals surface area contributed by atoms with Gasteiger partial charge in [0.15, 0.2) is 0 Å². The fourth-order valence-corrected chi connectivity index (χ4v) is 1.77. The molecule has 82 valence electrons. The molecule has 0 bridgehead atoms. The van der Waals surface area contributed by atoms with E-state index in [0.29, 0.717) is 14.7 Å². The third kappa shape index (κ3) is 2.83. The first-order valence-corrected chi connectivity index (χ1v) is 5.15. The summed E-state index contributed by atoms with van der Waals surface area (Å²) < 4.78 is 25.4. The zero-order valence-corrected chi connectivity index (χ0v) is 9.96. The minimum atomic E-state index is -2.63. The molecule has 15 heavy (non-hydrogen) atoms. The van der Waals surface area contributed by atoms with Crippen LogP contribution in [0.5, 0.6) is 0 Å². The van der Waals surface area contributed by atoms with Crippen LogP contribution in [0.1, 0.15) is 23.2 Å². The fourth-order valence-electron chi connectivity index (χ4n) is 1.16. The number of carboxylic acid groups (broad SMARTS) is 1. The van der Waals surface area contributed by atoms with E-state index in [1.54, 1.807) is 0 Å². The summed E-state index contributed by atoms with van der Waals surface area (Å²) in [7, 11) is 0. The first kappa shape index (κ1) is 12.3. The van der Waals surface area contributed by atoms with E-state index in [2.05, 4.69) is 4.98 Å². The number of alkyl halides is 2. The highest BCUT2D eigenvalue weighted by Crippen LogP contribution is 2.26. The van der Waals surface area contributed by atoms with Gasteiger partial charge in [0.1, 0.15) is 5.69 Å². The summed E-state index contributed by atoms with van der Waals surface area (Å²) in [5, 5.41) is 8.58. The lowest BCUT2D eigenvalue weighted by molar-refractivity contribution is -0.136. The van der Waals surface area contributed by atoms with Crippen LogP contribution in [-0.2, 0) is 11.2 Å². The van der Waals surface area contributed by atoms with Crippen LogP contribution >= 0.6 is 22.6 Å². The Morgan fingerprint density at radius 2 is 2.27 bits per heavy atom. The van der Waals surface area contributed by atoms with Gasteiger partial charge in [-0.25, -0.2) is 8.78 Å². The molecule has 3 nitrogen and oxygen atoms in total. The van der Waals surface area contributed by atoms with E-state index in [9.17, 15) is 13.6 Å². The second-order valence-electron chi connectivity index (χ2n) is 2.98. The molecule has 0 saturated heterocycles. The van der Waals surface area contributed by atoms with Crippen molar-refractivity contribution in [1.82, 2.24) is 4.98 Å². The van der Waals surface area contributed by atoms with Crippen LogP contribution in [0.25, 0.3) is 0 Å². The van der Waals surface area contributed by atoms with Gasteiger partial charge in [0.05, 0.1) is 6.42 Å². The number of aromatic nitrogens is 1. The van der Waals surface area contributed by atoms with Crippen molar-refractivity contribution in [2.45, 2.75) is 19.8 Å². The molecule has 0 aliphatic heterocycles. The van der Waals surface area contributed by atoms with E-state index in [1.807, 2.05) is 22.6 Å². The van der Waals surface area contributed by atoms with Crippen molar-refractivity contribution in [3.63, 3.8) is 0 Å². The maximum atomic E-state index is 12.4. The van der Waals surface area contributed by atoms with E-state index in [1.165, 1.54) is 13.1 Å². The Labute approximate surface area is 98.7 Å². The molecule has 1 heterocycles. The highest BCUT2D eigenvalue weighted by molar-refractivity contribution is 14.1. The summed E-state index contributed by atoms with van der Waals surface area (Å²) in [4.78, 5) is 14.0. The van der Waals surface area contributed by atoms with Crippen molar-refractivity contribution in [3.05, 3.63) is 26.6 Å². The average Bonchev–Trinajstić information content (AvgIpc) is 2.12. The van der Waals surface area contributed by atoms with Gasteiger partial charge in [-0.1, -0.05) is 0 Å². The molecule has 0 saturated carbocycles. The monoisotopic (exact) mass is 327 g/mol. The molecule has 0 atom stereocenters. The predicted octanol–water partition coefficient (Wildman–Crippen LogP) is 2.56. The first-order valence-electron chi connectivity index (χ1n) is 4.07. The topological polar surface area (TPSA) is 50.2 Å². The minimum absolute atomic E-state index is 0.199. The Balaban J connectivity index is 3.15. The second-order valence-corrected chi connectivity index (χ2v) is 4.06. The number of aliphatic carboxylic acids is 1. The standard InChI is InChI=1S/C9H8F2INO2/c1-4-7(12)5(2-6(14)15)3-13-8(4)9(10)11/h3,9H,2H2,1H3,(H,14,15). The Morgan fingerprint density at radius 3 is 2.73 bits per heavy atom. The van der Waals surface area contributed by atoms with Crippen molar-refractivity contribution in [3.8, 4) is 0 Å². The number of hydrogen-bond acceptors (Lipinski definition) is 2. The third-order valence-electron chi connectivity index (χ3n) is 1.90.